The van der Waals surface area contributed by atoms with Gasteiger partial charge in [0.25, 0.3) is 0 Å². The normalized spacial score (nSPS) is 16.5. The van der Waals surface area contributed by atoms with Gasteiger partial charge in [0.05, 0.1) is 11.1 Å². The van der Waals surface area contributed by atoms with Crippen LogP contribution in [0.4, 0.5) is 5.13 Å². The van der Waals surface area contributed by atoms with Gasteiger partial charge in [0.15, 0.2) is 15.9 Å². The van der Waals surface area contributed by atoms with Gasteiger partial charge in [-0.05, 0) is 30.7 Å². The summed E-state index contributed by atoms with van der Waals surface area (Å²) in [5.74, 6) is 2.02. The van der Waals surface area contributed by atoms with Crippen molar-refractivity contribution in [1.29, 1.82) is 0 Å². The van der Waals surface area contributed by atoms with Gasteiger partial charge in [0.1, 0.15) is 10.7 Å². The lowest BCUT2D eigenvalue weighted by Crippen LogP contribution is -2.14. The summed E-state index contributed by atoms with van der Waals surface area (Å²) in [7, 11) is 0. The summed E-state index contributed by atoms with van der Waals surface area (Å²) in [6.07, 6.45) is 5.06. The molecule has 156 valence electrons. The minimum absolute atomic E-state index is 0.103. The van der Waals surface area contributed by atoms with Crippen LogP contribution >= 0.6 is 34.4 Å². The van der Waals surface area contributed by atoms with Crippen molar-refractivity contribution in [2.75, 3.05) is 11.1 Å². The van der Waals surface area contributed by atoms with E-state index in [0.29, 0.717) is 16.2 Å². The van der Waals surface area contributed by atoms with Crippen molar-refractivity contribution in [2.24, 2.45) is 5.92 Å². The first kappa shape index (κ1) is 19.9. The van der Waals surface area contributed by atoms with Crippen molar-refractivity contribution in [2.45, 2.75) is 51.1 Å². The average molecular weight is 459 g/mol. The third kappa shape index (κ3) is 3.50. The fraction of sp³-hybridized carbons (Fsp3) is 0.450. The van der Waals surface area contributed by atoms with Crippen LogP contribution in [-0.4, -0.2) is 36.2 Å². The SMILES string of the molecule is CC(C)c1nc2sc3c(c2c2nnc(SCC(=O)Nc4nccs4)n12)CC[C@H](C)C3. The summed E-state index contributed by atoms with van der Waals surface area (Å²) < 4.78 is 2.05. The molecule has 0 radical (unpaired) electrons. The number of carbonyl (C=O) groups is 1. The number of hydrogen-bond donors (Lipinski definition) is 1. The quantitative estimate of drug-likeness (QED) is 0.434. The molecule has 0 saturated carbocycles. The summed E-state index contributed by atoms with van der Waals surface area (Å²) in [4.78, 5) is 24.0. The van der Waals surface area contributed by atoms with E-state index in [1.54, 1.807) is 6.20 Å². The Hall–Kier alpha value is -2.04. The van der Waals surface area contributed by atoms with E-state index < -0.39 is 0 Å². The van der Waals surface area contributed by atoms with Crippen LogP contribution in [0.3, 0.4) is 0 Å². The molecule has 4 heterocycles. The number of rotatable bonds is 5. The van der Waals surface area contributed by atoms with Crippen LogP contribution in [0.15, 0.2) is 16.7 Å². The third-order valence-electron chi connectivity index (χ3n) is 5.32. The number of fused-ring (bicyclic) bond motifs is 5. The van der Waals surface area contributed by atoms with E-state index in [0.717, 1.165) is 34.5 Å². The van der Waals surface area contributed by atoms with Crippen LogP contribution in [0, 0.1) is 5.92 Å². The van der Waals surface area contributed by atoms with E-state index in [4.69, 9.17) is 4.98 Å². The van der Waals surface area contributed by atoms with Gasteiger partial charge in [-0.3, -0.25) is 9.20 Å². The molecule has 0 bridgehead atoms. The number of amides is 1. The summed E-state index contributed by atoms with van der Waals surface area (Å²) in [5.41, 5.74) is 2.27. The predicted molar refractivity (Wildman–Crippen MR) is 123 cm³/mol. The van der Waals surface area contributed by atoms with Crippen LogP contribution in [-0.2, 0) is 17.6 Å². The topological polar surface area (TPSA) is 85.1 Å². The fourth-order valence-corrected chi connectivity index (χ4v) is 6.56. The summed E-state index contributed by atoms with van der Waals surface area (Å²) >= 11 is 4.60. The van der Waals surface area contributed by atoms with Crippen LogP contribution in [0.5, 0.6) is 0 Å². The Balaban J connectivity index is 1.53. The Bertz CT molecular complexity index is 1230. The molecule has 0 saturated heterocycles. The Labute approximate surface area is 186 Å². The molecule has 1 aliphatic rings. The number of aromatic nitrogens is 5. The summed E-state index contributed by atoms with van der Waals surface area (Å²) in [6.45, 7) is 6.58. The highest BCUT2D eigenvalue weighted by atomic mass is 32.2. The molecular formula is C20H22N6OS3. The van der Waals surface area contributed by atoms with Crippen molar-refractivity contribution in [3.05, 3.63) is 27.8 Å². The number of nitrogens with one attached hydrogen (secondary N) is 1. The second-order valence-corrected chi connectivity index (χ2v) is 10.9. The van der Waals surface area contributed by atoms with E-state index in [1.165, 1.54) is 40.0 Å². The lowest BCUT2D eigenvalue weighted by atomic mass is 9.89. The molecule has 5 rings (SSSR count). The molecule has 0 fully saturated rings. The maximum absolute atomic E-state index is 12.3. The number of anilines is 1. The van der Waals surface area contributed by atoms with Gasteiger partial charge in [-0.15, -0.1) is 32.9 Å². The highest BCUT2D eigenvalue weighted by Crippen LogP contribution is 2.40. The van der Waals surface area contributed by atoms with Crippen molar-refractivity contribution in [3.8, 4) is 0 Å². The number of nitrogens with zero attached hydrogens (tertiary/aromatic N) is 5. The molecule has 4 aromatic rings. The Kier molecular flexibility index (Phi) is 5.24. The van der Waals surface area contributed by atoms with E-state index >= 15 is 0 Å². The van der Waals surface area contributed by atoms with Crippen molar-refractivity contribution in [3.63, 3.8) is 0 Å². The van der Waals surface area contributed by atoms with Crippen molar-refractivity contribution in [1.82, 2.24) is 24.6 Å². The van der Waals surface area contributed by atoms with Gasteiger partial charge < -0.3 is 5.32 Å². The zero-order valence-corrected chi connectivity index (χ0v) is 19.5. The van der Waals surface area contributed by atoms with Gasteiger partial charge in [0.2, 0.25) is 5.91 Å². The number of aryl methyl sites for hydroxylation is 1. The van der Waals surface area contributed by atoms with Crippen LogP contribution in [0.1, 0.15) is 49.4 Å². The first-order chi connectivity index (χ1) is 14.5. The average Bonchev–Trinajstić information content (AvgIpc) is 3.43. The van der Waals surface area contributed by atoms with E-state index in [2.05, 4.69) is 45.7 Å². The minimum Gasteiger partial charge on any atom is -0.301 e. The number of thiophene rings is 1. The third-order valence-corrected chi connectivity index (χ3v) is 8.09. The highest BCUT2D eigenvalue weighted by molar-refractivity contribution is 7.99. The molecule has 0 spiro atoms. The summed E-state index contributed by atoms with van der Waals surface area (Å²) in [6, 6.07) is 0. The predicted octanol–water partition coefficient (Wildman–Crippen LogP) is 4.77. The largest absolute Gasteiger partial charge is 0.301 e. The Morgan fingerprint density at radius 3 is 3.03 bits per heavy atom. The maximum Gasteiger partial charge on any atom is 0.236 e. The Morgan fingerprint density at radius 2 is 2.27 bits per heavy atom. The van der Waals surface area contributed by atoms with E-state index in [-0.39, 0.29) is 17.6 Å². The zero-order valence-electron chi connectivity index (χ0n) is 17.0. The first-order valence-electron chi connectivity index (χ1n) is 10.0. The van der Waals surface area contributed by atoms with Gasteiger partial charge in [0, 0.05) is 22.4 Å². The molecule has 30 heavy (non-hydrogen) atoms. The van der Waals surface area contributed by atoms with Gasteiger partial charge in [-0.25, -0.2) is 9.97 Å². The molecule has 10 heteroatoms. The van der Waals surface area contributed by atoms with Gasteiger partial charge in [-0.2, -0.15) is 0 Å². The Morgan fingerprint density at radius 1 is 1.40 bits per heavy atom. The smallest absolute Gasteiger partial charge is 0.236 e. The molecule has 1 aliphatic carbocycles. The number of thiazole rings is 1. The van der Waals surface area contributed by atoms with E-state index in [1.807, 2.05) is 16.7 Å². The number of thioether (sulfide) groups is 1. The van der Waals surface area contributed by atoms with Crippen LogP contribution in [0.2, 0.25) is 0 Å². The highest BCUT2D eigenvalue weighted by Gasteiger charge is 2.26. The lowest BCUT2D eigenvalue weighted by Gasteiger charge is -2.17. The summed E-state index contributed by atoms with van der Waals surface area (Å²) in [5, 5.41) is 16.1. The standard InChI is InChI=1S/C20H22N6OS3/c1-10(2)16-23-18-15(12-5-4-11(3)8-13(12)30-18)17-24-25-20(26(16)17)29-9-14(27)22-19-21-6-7-28-19/h6-7,10-11H,4-5,8-9H2,1-3H3,(H,21,22,27)/t11-/m0/s1. The van der Waals surface area contributed by atoms with Crippen molar-refractivity contribution >= 4 is 61.3 Å². The maximum atomic E-state index is 12.3. The van der Waals surface area contributed by atoms with Crippen LogP contribution in [0.25, 0.3) is 15.9 Å². The molecular weight excluding hydrogens is 436 g/mol. The lowest BCUT2D eigenvalue weighted by molar-refractivity contribution is -0.113. The van der Waals surface area contributed by atoms with Crippen molar-refractivity contribution < 1.29 is 4.79 Å². The molecule has 4 aromatic heterocycles. The van der Waals surface area contributed by atoms with Gasteiger partial charge in [-0.1, -0.05) is 32.5 Å². The molecule has 1 N–H and O–H groups in total. The monoisotopic (exact) mass is 458 g/mol. The van der Waals surface area contributed by atoms with E-state index in [9.17, 15) is 4.79 Å². The molecule has 0 aromatic carbocycles. The zero-order chi connectivity index (χ0) is 20.8. The second kappa shape index (κ2) is 7.90. The number of carbonyl (C=O) groups excluding carboxylic acids is 1. The molecule has 1 amide bonds. The fourth-order valence-electron chi connectivity index (χ4n) is 3.89. The number of hydrogen-bond acceptors (Lipinski definition) is 8. The van der Waals surface area contributed by atoms with Crippen LogP contribution < -0.4 is 5.32 Å². The second-order valence-electron chi connectivity index (χ2n) is 7.97. The molecule has 0 aliphatic heterocycles. The minimum atomic E-state index is -0.103. The molecule has 7 nitrogen and oxygen atoms in total. The van der Waals surface area contributed by atoms with Gasteiger partial charge >= 0.3 is 0 Å². The first-order valence-corrected chi connectivity index (χ1v) is 12.7. The molecule has 1 atom stereocenters. The molecule has 0 unspecified atom stereocenters.